The zero-order chi connectivity index (χ0) is 11.8. The van der Waals surface area contributed by atoms with Gasteiger partial charge in [-0.2, -0.15) is 0 Å². The van der Waals surface area contributed by atoms with Crippen LogP contribution in [0.15, 0.2) is 0 Å². The maximum Gasteiger partial charge on any atom is 0.0248 e. The average Bonchev–Trinajstić information content (AvgIpc) is 2.26. The third kappa shape index (κ3) is 2.02. The second-order valence-corrected chi connectivity index (χ2v) is 6.05. The molecular weight excluding hydrogens is 196 g/mol. The topological polar surface area (TPSA) is 6.48 Å². The first-order valence-corrected chi connectivity index (χ1v) is 7.10. The zero-order valence-electron chi connectivity index (χ0n) is 11.5. The monoisotopic (exact) mass is 224 g/mol. The molecule has 1 unspecified atom stereocenters. The van der Waals surface area contributed by atoms with E-state index in [9.17, 15) is 0 Å². The van der Waals surface area contributed by atoms with Crippen LogP contribution in [0.25, 0.3) is 0 Å². The largest absolute Gasteiger partial charge is 0.301 e. The molecule has 0 saturated carbocycles. The summed E-state index contributed by atoms with van der Waals surface area (Å²) < 4.78 is 0. The number of hydrogen-bond acceptors (Lipinski definition) is 2. The Kier molecular flexibility index (Phi) is 3.60. The van der Waals surface area contributed by atoms with Crippen LogP contribution in [-0.2, 0) is 0 Å². The normalized spacial score (nSPS) is 28.3. The van der Waals surface area contributed by atoms with Crippen LogP contribution in [0.5, 0.6) is 0 Å². The summed E-state index contributed by atoms with van der Waals surface area (Å²) in [6.45, 7) is 13.3. The summed E-state index contributed by atoms with van der Waals surface area (Å²) in [7, 11) is 0. The molecule has 2 heteroatoms. The van der Waals surface area contributed by atoms with E-state index in [1.165, 1.54) is 45.3 Å². The van der Waals surface area contributed by atoms with Crippen molar-refractivity contribution in [3.8, 4) is 0 Å². The predicted molar refractivity (Wildman–Crippen MR) is 69.8 cm³/mol. The molecule has 2 aliphatic rings. The molecule has 2 aliphatic heterocycles. The molecule has 2 fully saturated rings. The minimum absolute atomic E-state index is 0.595. The SMILES string of the molecule is CCC(C)N1CCC2(CC1)CCN2C(C)C. The van der Waals surface area contributed by atoms with Crippen LogP contribution in [0.2, 0.25) is 0 Å². The molecule has 2 nitrogen and oxygen atoms in total. The number of piperidine rings is 1. The number of nitrogens with zero attached hydrogens (tertiary/aromatic N) is 2. The van der Waals surface area contributed by atoms with E-state index in [1.807, 2.05) is 0 Å². The third-order valence-corrected chi connectivity index (χ3v) is 4.99. The Hall–Kier alpha value is -0.0800. The Bertz CT molecular complexity index is 229. The van der Waals surface area contributed by atoms with E-state index in [0.717, 1.165) is 12.1 Å². The summed E-state index contributed by atoms with van der Waals surface area (Å²) in [6, 6.07) is 1.52. The van der Waals surface area contributed by atoms with Crippen molar-refractivity contribution in [1.82, 2.24) is 9.80 Å². The number of likely N-dealkylation sites (tertiary alicyclic amines) is 2. The summed E-state index contributed by atoms with van der Waals surface area (Å²) in [5.74, 6) is 0. The van der Waals surface area contributed by atoms with Crippen molar-refractivity contribution in [2.24, 2.45) is 0 Å². The second kappa shape index (κ2) is 4.66. The first-order valence-electron chi connectivity index (χ1n) is 7.10. The van der Waals surface area contributed by atoms with Gasteiger partial charge in [0, 0.05) is 37.3 Å². The van der Waals surface area contributed by atoms with Crippen LogP contribution in [0, 0.1) is 0 Å². The highest BCUT2D eigenvalue weighted by Crippen LogP contribution is 2.41. The van der Waals surface area contributed by atoms with E-state index >= 15 is 0 Å². The standard InChI is InChI=1S/C14H28N2/c1-5-13(4)15-9-6-14(7-10-15)8-11-16(14)12(2)3/h12-13H,5-11H2,1-4H3. The van der Waals surface area contributed by atoms with Crippen molar-refractivity contribution in [1.29, 1.82) is 0 Å². The summed E-state index contributed by atoms with van der Waals surface area (Å²) in [6.07, 6.45) is 5.53. The molecule has 0 bridgehead atoms. The van der Waals surface area contributed by atoms with Crippen molar-refractivity contribution in [2.45, 2.75) is 71.0 Å². The number of hydrogen-bond donors (Lipinski definition) is 0. The van der Waals surface area contributed by atoms with Crippen molar-refractivity contribution in [2.75, 3.05) is 19.6 Å². The van der Waals surface area contributed by atoms with Crippen LogP contribution in [0.3, 0.4) is 0 Å². The molecule has 0 aromatic heterocycles. The van der Waals surface area contributed by atoms with E-state index < -0.39 is 0 Å². The quantitative estimate of drug-likeness (QED) is 0.727. The maximum absolute atomic E-state index is 2.74. The average molecular weight is 224 g/mol. The van der Waals surface area contributed by atoms with Gasteiger partial charge in [-0.15, -0.1) is 0 Å². The van der Waals surface area contributed by atoms with Crippen LogP contribution in [0.1, 0.15) is 53.4 Å². The van der Waals surface area contributed by atoms with Crippen molar-refractivity contribution >= 4 is 0 Å². The van der Waals surface area contributed by atoms with E-state index in [1.54, 1.807) is 0 Å². The lowest BCUT2D eigenvalue weighted by Crippen LogP contribution is -2.66. The van der Waals surface area contributed by atoms with Gasteiger partial charge in [-0.3, -0.25) is 4.90 Å². The van der Waals surface area contributed by atoms with Crippen LogP contribution >= 0.6 is 0 Å². The lowest BCUT2D eigenvalue weighted by atomic mass is 9.75. The number of rotatable bonds is 3. The van der Waals surface area contributed by atoms with E-state index in [0.29, 0.717) is 5.54 Å². The molecule has 0 aromatic carbocycles. The zero-order valence-corrected chi connectivity index (χ0v) is 11.5. The molecular formula is C14H28N2. The fourth-order valence-corrected chi connectivity index (χ4v) is 3.54. The molecule has 1 spiro atoms. The van der Waals surface area contributed by atoms with Gasteiger partial charge >= 0.3 is 0 Å². The minimum Gasteiger partial charge on any atom is -0.301 e. The molecule has 2 rings (SSSR count). The van der Waals surface area contributed by atoms with E-state index in [4.69, 9.17) is 0 Å². The molecule has 94 valence electrons. The maximum atomic E-state index is 2.74. The first kappa shape index (κ1) is 12.4. The van der Waals surface area contributed by atoms with Crippen LogP contribution < -0.4 is 0 Å². The summed E-state index contributed by atoms with van der Waals surface area (Å²) in [5, 5.41) is 0. The van der Waals surface area contributed by atoms with Gasteiger partial charge in [0.2, 0.25) is 0 Å². The van der Waals surface area contributed by atoms with Gasteiger partial charge in [-0.1, -0.05) is 6.92 Å². The molecule has 0 N–H and O–H groups in total. The van der Waals surface area contributed by atoms with Crippen molar-refractivity contribution in [3.63, 3.8) is 0 Å². The Morgan fingerprint density at radius 1 is 1.00 bits per heavy atom. The Labute approximate surface area is 101 Å². The first-order chi connectivity index (χ1) is 7.59. The molecule has 2 heterocycles. The highest BCUT2D eigenvalue weighted by molar-refractivity contribution is 5.04. The molecule has 2 saturated heterocycles. The molecule has 0 radical (unpaired) electrons. The van der Waals surface area contributed by atoms with Gasteiger partial charge in [-0.25, -0.2) is 0 Å². The van der Waals surface area contributed by atoms with E-state index in [-0.39, 0.29) is 0 Å². The van der Waals surface area contributed by atoms with Crippen molar-refractivity contribution in [3.05, 3.63) is 0 Å². The Morgan fingerprint density at radius 2 is 1.56 bits per heavy atom. The Balaban J connectivity index is 1.89. The Morgan fingerprint density at radius 3 is 1.94 bits per heavy atom. The van der Waals surface area contributed by atoms with Gasteiger partial charge in [0.15, 0.2) is 0 Å². The van der Waals surface area contributed by atoms with Gasteiger partial charge in [0.25, 0.3) is 0 Å². The summed E-state index contributed by atoms with van der Waals surface area (Å²) in [4.78, 5) is 5.42. The second-order valence-electron chi connectivity index (χ2n) is 6.05. The smallest absolute Gasteiger partial charge is 0.0248 e. The molecule has 0 aliphatic carbocycles. The van der Waals surface area contributed by atoms with Crippen molar-refractivity contribution < 1.29 is 0 Å². The van der Waals surface area contributed by atoms with Crippen LogP contribution in [0.4, 0.5) is 0 Å². The van der Waals surface area contributed by atoms with Gasteiger partial charge in [0.05, 0.1) is 0 Å². The predicted octanol–water partition coefficient (Wildman–Crippen LogP) is 2.73. The third-order valence-electron chi connectivity index (χ3n) is 4.99. The lowest BCUT2D eigenvalue weighted by molar-refractivity contribution is -0.0826. The minimum atomic E-state index is 0.595. The molecule has 0 amide bonds. The molecule has 0 aromatic rings. The van der Waals surface area contributed by atoms with E-state index in [2.05, 4.69) is 37.5 Å². The summed E-state index contributed by atoms with van der Waals surface area (Å²) >= 11 is 0. The lowest BCUT2D eigenvalue weighted by Gasteiger charge is -2.59. The molecule has 16 heavy (non-hydrogen) atoms. The van der Waals surface area contributed by atoms with Gasteiger partial charge in [-0.05, 0) is 46.5 Å². The highest BCUT2D eigenvalue weighted by atomic mass is 15.3. The van der Waals surface area contributed by atoms with Gasteiger partial charge < -0.3 is 4.90 Å². The molecule has 1 atom stereocenters. The van der Waals surface area contributed by atoms with Crippen LogP contribution in [-0.4, -0.2) is 47.1 Å². The fraction of sp³-hybridized carbons (Fsp3) is 1.00. The highest BCUT2D eigenvalue weighted by Gasteiger charge is 2.47. The summed E-state index contributed by atoms with van der Waals surface area (Å²) in [5.41, 5.74) is 0.595. The fourth-order valence-electron chi connectivity index (χ4n) is 3.54. The van der Waals surface area contributed by atoms with Gasteiger partial charge in [0.1, 0.15) is 0 Å².